The summed E-state index contributed by atoms with van der Waals surface area (Å²) in [7, 11) is 2.20. The van der Waals surface area contributed by atoms with Gasteiger partial charge in [0.1, 0.15) is 11.5 Å². The van der Waals surface area contributed by atoms with Crippen molar-refractivity contribution >= 4 is 25.0 Å². The van der Waals surface area contributed by atoms with Crippen LogP contribution in [0.2, 0.25) is 0 Å². The molecular formula is C25H38N6S. The molecule has 2 unspecified atom stereocenters. The minimum atomic E-state index is 0. The van der Waals surface area contributed by atoms with Gasteiger partial charge in [-0.3, -0.25) is 9.38 Å². The molecule has 0 aromatic carbocycles. The lowest BCUT2D eigenvalue weighted by atomic mass is 9.93. The number of nitrogens with zero attached hydrogens (tertiary/aromatic N) is 5. The fourth-order valence-corrected chi connectivity index (χ4v) is 4.72. The van der Waals surface area contributed by atoms with Crippen molar-refractivity contribution in [3.8, 4) is 0 Å². The third-order valence-corrected chi connectivity index (χ3v) is 6.44. The van der Waals surface area contributed by atoms with Crippen molar-refractivity contribution in [1.29, 1.82) is 0 Å². The third kappa shape index (κ3) is 5.11. The van der Waals surface area contributed by atoms with E-state index in [9.17, 15) is 0 Å². The van der Waals surface area contributed by atoms with Gasteiger partial charge in [-0.1, -0.05) is 26.0 Å². The SMILES string of the molecule is CC.Cc1cccnc1C1CCCC(c2cn3c(N4CCN(C)CC4)cccc3n2)N1.S. The summed E-state index contributed by atoms with van der Waals surface area (Å²) >= 11 is 0. The molecule has 5 rings (SSSR count). The molecule has 2 aliphatic heterocycles. The Kier molecular flexibility index (Phi) is 8.57. The molecule has 1 N–H and O–H groups in total. The van der Waals surface area contributed by atoms with E-state index < -0.39 is 0 Å². The van der Waals surface area contributed by atoms with Gasteiger partial charge in [0.2, 0.25) is 0 Å². The average Bonchev–Trinajstić information content (AvgIpc) is 3.26. The van der Waals surface area contributed by atoms with Crippen molar-refractivity contribution in [2.24, 2.45) is 0 Å². The van der Waals surface area contributed by atoms with E-state index in [1.807, 2.05) is 26.1 Å². The predicted molar refractivity (Wildman–Crippen MR) is 138 cm³/mol. The zero-order valence-corrected chi connectivity index (χ0v) is 20.9. The van der Waals surface area contributed by atoms with Crippen LogP contribution in [0.1, 0.15) is 62.1 Å². The zero-order chi connectivity index (χ0) is 21.8. The Bertz CT molecular complexity index is 995. The Hall–Kier alpha value is -2.09. The van der Waals surface area contributed by atoms with Gasteiger partial charge in [-0.05, 0) is 57.0 Å². The highest BCUT2D eigenvalue weighted by Gasteiger charge is 2.27. The van der Waals surface area contributed by atoms with Crippen LogP contribution in [0, 0.1) is 6.92 Å². The highest BCUT2D eigenvalue weighted by molar-refractivity contribution is 7.59. The number of piperidine rings is 1. The van der Waals surface area contributed by atoms with Crippen molar-refractivity contribution < 1.29 is 0 Å². The molecule has 2 saturated heterocycles. The molecule has 32 heavy (non-hydrogen) atoms. The van der Waals surface area contributed by atoms with Crippen LogP contribution in [0.15, 0.2) is 42.7 Å². The van der Waals surface area contributed by atoms with E-state index in [1.54, 1.807) is 0 Å². The van der Waals surface area contributed by atoms with Crippen LogP contribution in [0.5, 0.6) is 0 Å². The number of aromatic nitrogens is 3. The van der Waals surface area contributed by atoms with Crippen molar-refractivity contribution in [3.63, 3.8) is 0 Å². The van der Waals surface area contributed by atoms with Gasteiger partial charge in [0.25, 0.3) is 0 Å². The lowest BCUT2D eigenvalue weighted by Crippen LogP contribution is -2.45. The van der Waals surface area contributed by atoms with Gasteiger partial charge in [0, 0.05) is 38.6 Å². The normalized spacial score (nSPS) is 21.6. The topological polar surface area (TPSA) is 48.7 Å². The van der Waals surface area contributed by atoms with Crippen LogP contribution < -0.4 is 10.2 Å². The minimum absolute atomic E-state index is 0. The lowest BCUT2D eigenvalue weighted by Gasteiger charge is -2.34. The van der Waals surface area contributed by atoms with Gasteiger partial charge < -0.3 is 15.1 Å². The largest absolute Gasteiger partial charge is 0.355 e. The highest BCUT2D eigenvalue weighted by Crippen LogP contribution is 2.33. The summed E-state index contributed by atoms with van der Waals surface area (Å²) < 4.78 is 2.28. The second-order valence-corrected chi connectivity index (χ2v) is 8.48. The number of imidazole rings is 1. The highest BCUT2D eigenvalue weighted by atomic mass is 32.1. The number of pyridine rings is 2. The van der Waals surface area contributed by atoms with Crippen molar-refractivity contribution in [3.05, 3.63) is 59.7 Å². The molecule has 3 aromatic heterocycles. The molecule has 2 fully saturated rings. The van der Waals surface area contributed by atoms with E-state index in [-0.39, 0.29) is 19.5 Å². The number of nitrogens with one attached hydrogen (secondary N) is 1. The van der Waals surface area contributed by atoms with Gasteiger partial charge in [0.15, 0.2) is 0 Å². The summed E-state index contributed by atoms with van der Waals surface area (Å²) in [6.07, 6.45) is 7.59. The lowest BCUT2D eigenvalue weighted by molar-refractivity contribution is 0.311. The first-order valence-corrected chi connectivity index (χ1v) is 11.8. The summed E-state index contributed by atoms with van der Waals surface area (Å²) in [6.45, 7) is 10.5. The molecule has 0 spiro atoms. The summed E-state index contributed by atoms with van der Waals surface area (Å²) in [4.78, 5) is 14.5. The molecule has 6 nitrogen and oxygen atoms in total. The van der Waals surface area contributed by atoms with E-state index in [4.69, 9.17) is 4.98 Å². The number of aryl methyl sites for hydroxylation is 1. The Morgan fingerprint density at radius 1 is 0.969 bits per heavy atom. The molecule has 0 aliphatic carbocycles. The van der Waals surface area contributed by atoms with E-state index in [0.717, 1.165) is 50.4 Å². The summed E-state index contributed by atoms with van der Waals surface area (Å²) in [6, 6.07) is 11.2. The number of anilines is 1. The number of piperazine rings is 1. The monoisotopic (exact) mass is 454 g/mol. The Morgan fingerprint density at radius 2 is 1.72 bits per heavy atom. The number of fused-ring (bicyclic) bond motifs is 1. The van der Waals surface area contributed by atoms with Crippen molar-refractivity contribution in [2.75, 3.05) is 38.1 Å². The molecule has 2 atom stereocenters. The average molecular weight is 455 g/mol. The fourth-order valence-electron chi connectivity index (χ4n) is 4.72. The number of rotatable bonds is 3. The predicted octanol–water partition coefficient (Wildman–Crippen LogP) is 4.48. The van der Waals surface area contributed by atoms with E-state index in [1.165, 1.54) is 23.5 Å². The molecule has 0 amide bonds. The molecule has 3 aromatic rings. The van der Waals surface area contributed by atoms with Crippen LogP contribution in [-0.2, 0) is 0 Å². The first-order chi connectivity index (χ1) is 15.2. The maximum atomic E-state index is 5.00. The smallest absolute Gasteiger partial charge is 0.138 e. The molecule has 7 heteroatoms. The van der Waals surface area contributed by atoms with E-state index in [2.05, 4.69) is 68.9 Å². The standard InChI is InChI=1S/C23H30N6.C2H6.H2S/c1-17-6-5-11-24-23(17)19-8-3-7-18(25-19)20-16-29-21(26-20)9-4-10-22(29)28-14-12-27(2)13-15-28;1-2;/h4-6,9-11,16,18-19,25H,3,7-8,12-15H2,1-2H3;1-2H3;1H2. The Labute approximate surface area is 199 Å². The van der Waals surface area contributed by atoms with Crippen LogP contribution in [0.4, 0.5) is 5.82 Å². The van der Waals surface area contributed by atoms with Crippen LogP contribution in [-0.4, -0.2) is 52.5 Å². The maximum absolute atomic E-state index is 5.00. The van der Waals surface area contributed by atoms with Gasteiger partial charge in [-0.15, -0.1) is 0 Å². The minimum Gasteiger partial charge on any atom is -0.355 e. The van der Waals surface area contributed by atoms with E-state index >= 15 is 0 Å². The van der Waals surface area contributed by atoms with Crippen LogP contribution in [0.25, 0.3) is 5.65 Å². The summed E-state index contributed by atoms with van der Waals surface area (Å²) in [5, 5.41) is 3.83. The maximum Gasteiger partial charge on any atom is 0.138 e. The van der Waals surface area contributed by atoms with E-state index in [0.29, 0.717) is 6.04 Å². The molecule has 174 valence electrons. The molecule has 0 saturated carbocycles. The number of likely N-dealkylation sites (N-methyl/N-ethyl adjacent to an activating group) is 1. The second-order valence-electron chi connectivity index (χ2n) is 8.48. The summed E-state index contributed by atoms with van der Waals surface area (Å²) in [5.41, 5.74) is 4.62. The zero-order valence-electron chi connectivity index (χ0n) is 19.9. The van der Waals surface area contributed by atoms with Crippen LogP contribution in [0.3, 0.4) is 0 Å². The molecule has 5 heterocycles. The van der Waals surface area contributed by atoms with Gasteiger partial charge >= 0.3 is 0 Å². The van der Waals surface area contributed by atoms with Gasteiger partial charge in [-0.2, -0.15) is 13.5 Å². The van der Waals surface area contributed by atoms with Gasteiger partial charge in [-0.25, -0.2) is 4.98 Å². The Morgan fingerprint density at radius 3 is 2.47 bits per heavy atom. The van der Waals surface area contributed by atoms with Crippen molar-refractivity contribution in [2.45, 2.75) is 52.1 Å². The molecular weight excluding hydrogens is 416 g/mol. The van der Waals surface area contributed by atoms with Crippen molar-refractivity contribution in [1.82, 2.24) is 24.6 Å². The van der Waals surface area contributed by atoms with Crippen LogP contribution >= 0.6 is 13.5 Å². The van der Waals surface area contributed by atoms with Gasteiger partial charge in [0.05, 0.1) is 23.5 Å². The number of hydrogen-bond acceptors (Lipinski definition) is 5. The fraction of sp³-hybridized carbons (Fsp3) is 0.520. The summed E-state index contributed by atoms with van der Waals surface area (Å²) in [5.74, 6) is 1.25. The first-order valence-electron chi connectivity index (χ1n) is 11.8. The first kappa shape index (κ1) is 24.6. The molecule has 0 bridgehead atoms. The third-order valence-electron chi connectivity index (χ3n) is 6.44. The molecule has 2 aliphatic rings. The number of hydrogen-bond donors (Lipinski definition) is 1. The Balaban J connectivity index is 0.000000938. The quantitative estimate of drug-likeness (QED) is 0.632. The molecule has 0 radical (unpaired) electrons. The second kappa shape index (κ2) is 11.2.